The maximum atomic E-state index is 12.5. The van der Waals surface area contributed by atoms with Crippen LogP contribution in [0, 0.1) is 5.92 Å². The Morgan fingerprint density at radius 2 is 1.96 bits per heavy atom. The molecule has 2 aromatic heterocycles. The smallest absolute Gasteiger partial charge is 0.223 e. The molecule has 2 aromatic rings. The SMILES string of the molecule is O=C(CC1CCN(c2ncnc3sc4c(c23)CCC4)CC1)N1CCOCC1. The minimum absolute atomic E-state index is 0.303. The molecule has 5 rings (SSSR count). The van der Waals surface area contributed by atoms with Crippen LogP contribution in [0.5, 0.6) is 0 Å². The van der Waals surface area contributed by atoms with E-state index in [4.69, 9.17) is 4.74 Å². The number of nitrogens with zero attached hydrogens (tertiary/aromatic N) is 4. The van der Waals surface area contributed by atoms with E-state index in [1.54, 1.807) is 6.33 Å². The van der Waals surface area contributed by atoms with Crippen LogP contribution in [-0.4, -0.2) is 60.2 Å². The first-order valence-corrected chi connectivity index (χ1v) is 11.0. The summed E-state index contributed by atoms with van der Waals surface area (Å²) in [5, 5.41) is 1.30. The van der Waals surface area contributed by atoms with Crippen molar-refractivity contribution in [1.29, 1.82) is 0 Å². The van der Waals surface area contributed by atoms with Gasteiger partial charge in [0.2, 0.25) is 5.91 Å². The number of piperidine rings is 1. The topological polar surface area (TPSA) is 58.6 Å². The second-order valence-corrected chi connectivity index (χ2v) is 8.95. The number of hydrogen-bond acceptors (Lipinski definition) is 6. The molecule has 27 heavy (non-hydrogen) atoms. The van der Waals surface area contributed by atoms with Crippen molar-refractivity contribution in [2.24, 2.45) is 5.92 Å². The summed E-state index contributed by atoms with van der Waals surface area (Å²) in [6, 6.07) is 0. The average Bonchev–Trinajstić information content (AvgIpc) is 3.30. The number of carbonyl (C=O) groups is 1. The van der Waals surface area contributed by atoms with E-state index in [2.05, 4.69) is 14.9 Å². The fourth-order valence-electron chi connectivity index (χ4n) is 4.69. The van der Waals surface area contributed by atoms with E-state index in [0.717, 1.165) is 49.7 Å². The molecule has 2 fully saturated rings. The van der Waals surface area contributed by atoms with E-state index in [9.17, 15) is 4.79 Å². The summed E-state index contributed by atoms with van der Waals surface area (Å²) in [5.74, 6) is 1.91. The van der Waals surface area contributed by atoms with Gasteiger partial charge < -0.3 is 14.5 Å². The molecular weight excluding hydrogens is 360 g/mol. The molecule has 0 unspecified atom stereocenters. The number of amides is 1. The fourth-order valence-corrected chi connectivity index (χ4v) is 5.91. The number of ether oxygens (including phenoxy) is 1. The summed E-state index contributed by atoms with van der Waals surface area (Å²) in [5.41, 5.74) is 1.50. The molecule has 0 atom stereocenters. The molecule has 0 radical (unpaired) electrons. The van der Waals surface area contributed by atoms with Crippen LogP contribution in [0.1, 0.15) is 36.1 Å². The van der Waals surface area contributed by atoms with Crippen molar-refractivity contribution in [1.82, 2.24) is 14.9 Å². The highest BCUT2D eigenvalue weighted by Gasteiger charge is 2.28. The highest BCUT2D eigenvalue weighted by molar-refractivity contribution is 7.19. The monoisotopic (exact) mass is 386 g/mol. The number of aromatic nitrogens is 2. The summed E-state index contributed by atoms with van der Waals surface area (Å²) in [4.78, 5) is 28.8. The Labute approximate surface area is 163 Å². The molecule has 4 heterocycles. The van der Waals surface area contributed by atoms with Gasteiger partial charge in [-0.25, -0.2) is 9.97 Å². The van der Waals surface area contributed by atoms with Crippen molar-refractivity contribution in [2.45, 2.75) is 38.5 Å². The Morgan fingerprint density at radius 1 is 1.15 bits per heavy atom. The molecule has 7 heteroatoms. The van der Waals surface area contributed by atoms with E-state index in [1.807, 2.05) is 16.2 Å². The molecule has 0 N–H and O–H groups in total. The zero-order chi connectivity index (χ0) is 18.2. The van der Waals surface area contributed by atoms with Crippen LogP contribution >= 0.6 is 11.3 Å². The van der Waals surface area contributed by atoms with Gasteiger partial charge in [-0.2, -0.15) is 0 Å². The summed E-state index contributed by atoms with van der Waals surface area (Å²) in [6.07, 6.45) is 8.15. The van der Waals surface area contributed by atoms with Crippen LogP contribution in [0.2, 0.25) is 0 Å². The quantitative estimate of drug-likeness (QED) is 0.812. The number of hydrogen-bond donors (Lipinski definition) is 0. The van der Waals surface area contributed by atoms with Crippen molar-refractivity contribution in [3.63, 3.8) is 0 Å². The van der Waals surface area contributed by atoms with Gasteiger partial charge in [0, 0.05) is 37.5 Å². The maximum Gasteiger partial charge on any atom is 0.223 e. The summed E-state index contributed by atoms with van der Waals surface area (Å²) >= 11 is 1.85. The van der Waals surface area contributed by atoms with Crippen molar-refractivity contribution >= 4 is 33.3 Å². The second kappa shape index (κ2) is 7.36. The third kappa shape index (κ3) is 3.31. The van der Waals surface area contributed by atoms with Gasteiger partial charge in [0.05, 0.1) is 18.6 Å². The first-order valence-electron chi connectivity index (χ1n) is 10.2. The lowest BCUT2D eigenvalue weighted by Crippen LogP contribution is -2.42. The Morgan fingerprint density at radius 3 is 2.78 bits per heavy atom. The van der Waals surface area contributed by atoms with Gasteiger partial charge in [-0.15, -0.1) is 11.3 Å². The van der Waals surface area contributed by atoms with Crippen molar-refractivity contribution < 1.29 is 9.53 Å². The van der Waals surface area contributed by atoms with E-state index in [1.165, 1.54) is 35.1 Å². The minimum atomic E-state index is 0.303. The summed E-state index contributed by atoms with van der Waals surface area (Å²) in [6.45, 7) is 4.83. The van der Waals surface area contributed by atoms with Crippen molar-refractivity contribution in [2.75, 3.05) is 44.3 Å². The zero-order valence-corrected chi connectivity index (χ0v) is 16.5. The highest BCUT2D eigenvalue weighted by Crippen LogP contribution is 2.40. The lowest BCUT2D eigenvalue weighted by atomic mass is 9.92. The first kappa shape index (κ1) is 17.4. The van der Waals surface area contributed by atoms with E-state index in [0.29, 0.717) is 31.5 Å². The lowest BCUT2D eigenvalue weighted by molar-refractivity contribution is -0.136. The molecule has 0 saturated carbocycles. The third-order valence-corrected chi connectivity index (χ3v) is 7.42. The van der Waals surface area contributed by atoms with E-state index < -0.39 is 0 Å². The molecule has 2 saturated heterocycles. The van der Waals surface area contributed by atoms with Gasteiger partial charge in [-0.1, -0.05) is 0 Å². The Bertz CT molecular complexity index is 838. The Balaban J connectivity index is 1.26. The molecule has 2 aliphatic heterocycles. The number of anilines is 1. The van der Waals surface area contributed by atoms with Gasteiger partial charge >= 0.3 is 0 Å². The number of aryl methyl sites for hydroxylation is 2. The number of carbonyl (C=O) groups excluding carboxylic acids is 1. The van der Waals surface area contributed by atoms with Gasteiger partial charge in [0.15, 0.2) is 0 Å². The minimum Gasteiger partial charge on any atom is -0.378 e. The predicted octanol–water partition coefficient (Wildman–Crippen LogP) is 2.65. The van der Waals surface area contributed by atoms with Crippen LogP contribution < -0.4 is 4.90 Å². The average molecular weight is 387 g/mol. The molecule has 6 nitrogen and oxygen atoms in total. The standard InChI is InChI=1S/C20H26N4O2S/c25-17(23-8-10-26-11-9-23)12-14-4-6-24(7-5-14)19-18-15-2-1-3-16(15)27-20(18)22-13-21-19/h13-14H,1-12H2. The second-order valence-electron chi connectivity index (χ2n) is 7.86. The number of thiophene rings is 1. The molecule has 0 spiro atoms. The number of fused-ring (bicyclic) bond motifs is 3. The van der Waals surface area contributed by atoms with Crippen LogP contribution in [0.4, 0.5) is 5.82 Å². The van der Waals surface area contributed by atoms with Crippen LogP contribution in [-0.2, 0) is 22.4 Å². The van der Waals surface area contributed by atoms with Crippen LogP contribution in [0.15, 0.2) is 6.33 Å². The van der Waals surface area contributed by atoms with E-state index in [-0.39, 0.29) is 0 Å². The summed E-state index contributed by atoms with van der Waals surface area (Å²) in [7, 11) is 0. The Hall–Kier alpha value is -1.73. The normalized spacial score (nSPS) is 21.0. The van der Waals surface area contributed by atoms with Crippen LogP contribution in [0.25, 0.3) is 10.2 Å². The fraction of sp³-hybridized carbons (Fsp3) is 0.650. The molecule has 0 bridgehead atoms. The van der Waals surface area contributed by atoms with Gasteiger partial charge in [0.1, 0.15) is 17.0 Å². The molecular formula is C20H26N4O2S. The zero-order valence-electron chi connectivity index (χ0n) is 15.7. The van der Waals surface area contributed by atoms with Crippen LogP contribution in [0.3, 0.4) is 0 Å². The lowest BCUT2D eigenvalue weighted by Gasteiger charge is -2.34. The van der Waals surface area contributed by atoms with Gasteiger partial charge in [-0.05, 0) is 43.6 Å². The molecule has 144 valence electrons. The Kier molecular flexibility index (Phi) is 4.73. The molecule has 1 amide bonds. The van der Waals surface area contributed by atoms with Crippen molar-refractivity contribution in [3.8, 4) is 0 Å². The molecule has 3 aliphatic rings. The van der Waals surface area contributed by atoms with Crippen molar-refractivity contribution in [3.05, 3.63) is 16.8 Å². The van der Waals surface area contributed by atoms with Gasteiger partial charge in [0.25, 0.3) is 0 Å². The molecule has 0 aromatic carbocycles. The largest absolute Gasteiger partial charge is 0.378 e. The third-order valence-electron chi connectivity index (χ3n) is 6.22. The van der Waals surface area contributed by atoms with E-state index >= 15 is 0 Å². The number of morpholine rings is 1. The van der Waals surface area contributed by atoms with Gasteiger partial charge in [-0.3, -0.25) is 4.79 Å². The summed E-state index contributed by atoms with van der Waals surface area (Å²) < 4.78 is 5.35. The number of rotatable bonds is 3. The maximum absolute atomic E-state index is 12.5. The first-order chi connectivity index (χ1) is 13.3. The molecule has 1 aliphatic carbocycles. The highest BCUT2D eigenvalue weighted by atomic mass is 32.1. The predicted molar refractivity (Wildman–Crippen MR) is 106 cm³/mol.